The van der Waals surface area contributed by atoms with Crippen molar-refractivity contribution in [2.75, 3.05) is 26.6 Å². The van der Waals surface area contributed by atoms with E-state index in [-0.39, 0.29) is 18.1 Å². The molecule has 1 amide bonds. The minimum Gasteiger partial charge on any atom is -0.454 e. The fraction of sp³-hybridized carbons (Fsp3) is 0.318. The van der Waals surface area contributed by atoms with Gasteiger partial charge >= 0.3 is 0 Å². The summed E-state index contributed by atoms with van der Waals surface area (Å²) in [6, 6.07) is 16.0. The molecule has 1 fully saturated rings. The third-order valence-electron chi connectivity index (χ3n) is 5.26. The molecule has 2 aliphatic rings. The molecule has 2 heterocycles. The Balaban J connectivity index is 1.41. The molecule has 2 aromatic rings. The van der Waals surface area contributed by atoms with Gasteiger partial charge in [0.1, 0.15) is 0 Å². The zero-order valence-electron chi connectivity index (χ0n) is 15.1. The van der Waals surface area contributed by atoms with Crippen LogP contribution in [0.2, 0.25) is 0 Å². The van der Waals surface area contributed by atoms with Gasteiger partial charge in [-0.2, -0.15) is 0 Å². The van der Waals surface area contributed by atoms with Gasteiger partial charge in [0.05, 0.1) is 0 Å². The van der Waals surface area contributed by atoms with Gasteiger partial charge in [0.15, 0.2) is 11.5 Å². The number of amides is 1. The van der Waals surface area contributed by atoms with Crippen molar-refractivity contribution >= 4 is 12.0 Å². The second-order valence-corrected chi connectivity index (χ2v) is 6.92. The van der Waals surface area contributed by atoms with Crippen LogP contribution in [-0.2, 0) is 14.9 Å². The number of benzene rings is 2. The summed E-state index contributed by atoms with van der Waals surface area (Å²) < 4.78 is 16.2. The molecule has 0 bridgehead atoms. The summed E-state index contributed by atoms with van der Waals surface area (Å²) in [6.07, 6.45) is 5.17. The van der Waals surface area contributed by atoms with Crippen LogP contribution >= 0.6 is 0 Å². The quantitative estimate of drug-likeness (QED) is 0.826. The molecule has 0 unspecified atom stereocenters. The Labute approximate surface area is 158 Å². The van der Waals surface area contributed by atoms with E-state index >= 15 is 0 Å². The number of carbonyl (C=O) groups is 1. The number of fused-ring (bicyclic) bond motifs is 1. The zero-order valence-corrected chi connectivity index (χ0v) is 15.1. The number of hydrogen-bond donors (Lipinski definition) is 1. The Bertz CT molecular complexity index is 825. The summed E-state index contributed by atoms with van der Waals surface area (Å²) >= 11 is 0. The molecule has 5 nitrogen and oxygen atoms in total. The van der Waals surface area contributed by atoms with E-state index in [4.69, 9.17) is 14.2 Å². The van der Waals surface area contributed by atoms with Gasteiger partial charge in [-0.1, -0.05) is 36.4 Å². The first-order valence-corrected chi connectivity index (χ1v) is 9.24. The van der Waals surface area contributed by atoms with E-state index in [1.165, 1.54) is 5.56 Å². The van der Waals surface area contributed by atoms with Crippen molar-refractivity contribution < 1.29 is 19.0 Å². The number of rotatable bonds is 5. The van der Waals surface area contributed by atoms with Gasteiger partial charge < -0.3 is 19.5 Å². The third-order valence-corrected chi connectivity index (χ3v) is 5.26. The Morgan fingerprint density at radius 1 is 1.04 bits per heavy atom. The smallest absolute Gasteiger partial charge is 0.244 e. The van der Waals surface area contributed by atoms with Gasteiger partial charge in [0.25, 0.3) is 0 Å². The average Bonchev–Trinajstić information content (AvgIpc) is 3.20. The first kappa shape index (κ1) is 17.6. The molecular weight excluding hydrogens is 342 g/mol. The maximum Gasteiger partial charge on any atom is 0.244 e. The lowest BCUT2D eigenvalue weighted by molar-refractivity contribution is -0.116. The Hall–Kier alpha value is -2.79. The minimum atomic E-state index is -0.102. The van der Waals surface area contributed by atoms with Crippen LogP contribution in [0.4, 0.5) is 0 Å². The minimum absolute atomic E-state index is 0.0677. The molecular formula is C22H23NO4. The lowest BCUT2D eigenvalue weighted by Crippen LogP contribution is -2.44. The van der Waals surface area contributed by atoms with Gasteiger partial charge in [-0.3, -0.25) is 4.79 Å². The van der Waals surface area contributed by atoms with Gasteiger partial charge in [0, 0.05) is 31.2 Å². The highest BCUT2D eigenvalue weighted by Crippen LogP contribution is 2.34. The molecule has 5 heteroatoms. The van der Waals surface area contributed by atoms with Crippen molar-refractivity contribution in [2.24, 2.45) is 0 Å². The number of ether oxygens (including phenoxy) is 3. The predicted octanol–water partition coefficient (Wildman–Crippen LogP) is 3.29. The molecule has 2 aliphatic heterocycles. The normalized spacial score (nSPS) is 17.8. The van der Waals surface area contributed by atoms with E-state index < -0.39 is 0 Å². The number of carbonyl (C=O) groups excluding carboxylic acids is 1. The number of hydrogen-bond acceptors (Lipinski definition) is 4. The summed E-state index contributed by atoms with van der Waals surface area (Å²) in [7, 11) is 0. The highest BCUT2D eigenvalue weighted by Gasteiger charge is 2.34. The zero-order chi connectivity index (χ0) is 18.5. The monoisotopic (exact) mass is 365 g/mol. The molecule has 140 valence electrons. The molecule has 2 aromatic carbocycles. The van der Waals surface area contributed by atoms with E-state index in [1.807, 2.05) is 36.4 Å². The van der Waals surface area contributed by atoms with Crippen molar-refractivity contribution in [3.05, 3.63) is 65.7 Å². The van der Waals surface area contributed by atoms with Crippen LogP contribution in [0.15, 0.2) is 54.6 Å². The summed E-state index contributed by atoms with van der Waals surface area (Å²) in [5.41, 5.74) is 2.09. The maximum absolute atomic E-state index is 12.4. The Morgan fingerprint density at radius 3 is 2.63 bits per heavy atom. The molecule has 4 rings (SSSR count). The van der Waals surface area contributed by atoms with Gasteiger partial charge in [-0.25, -0.2) is 0 Å². The third kappa shape index (κ3) is 3.98. The van der Waals surface area contributed by atoms with Crippen LogP contribution < -0.4 is 14.8 Å². The van der Waals surface area contributed by atoms with Crippen LogP contribution in [0.1, 0.15) is 24.0 Å². The first-order valence-electron chi connectivity index (χ1n) is 9.24. The molecule has 0 radical (unpaired) electrons. The summed E-state index contributed by atoms with van der Waals surface area (Å²) in [4.78, 5) is 12.4. The molecule has 27 heavy (non-hydrogen) atoms. The first-order chi connectivity index (χ1) is 13.3. The van der Waals surface area contributed by atoms with E-state index in [1.54, 1.807) is 12.2 Å². The molecule has 0 aromatic heterocycles. The average molecular weight is 365 g/mol. The molecule has 1 N–H and O–H groups in total. The van der Waals surface area contributed by atoms with E-state index in [0.717, 1.165) is 37.4 Å². The highest BCUT2D eigenvalue weighted by atomic mass is 16.7. The van der Waals surface area contributed by atoms with Crippen LogP contribution in [0.3, 0.4) is 0 Å². The van der Waals surface area contributed by atoms with Crippen molar-refractivity contribution in [3.8, 4) is 11.5 Å². The van der Waals surface area contributed by atoms with Crippen LogP contribution in [0.5, 0.6) is 11.5 Å². The second-order valence-electron chi connectivity index (χ2n) is 6.92. The van der Waals surface area contributed by atoms with E-state index in [9.17, 15) is 4.79 Å². The van der Waals surface area contributed by atoms with Crippen LogP contribution in [0.25, 0.3) is 6.08 Å². The summed E-state index contributed by atoms with van der Waals surface area (Å²) in [5.74, 6) is 1.35. The van der Waals surface area contributed by atoms with E-state index in [2.05, 4.69) is 17.4 Å². The van der Waals surface area contributed by atoms with E-state index in [0.29, 0.717) is 12.3 Å². The standard InChI is InChI=1S/C22H23NO4/c24-21(9-7-17-6-8-19-20(14-17)27-16-26-19)23-15-22(10-12-25-13-11-22)18-4-2-1-3-5-18/h1-9,14H,10-13,15-16H2,(H,23,24)/b9-7+. The fourth-order valence-electron chi connectivity index (χ4n) is 3.63. The lowest BCUT2D eigenvalue weighted by atomic mass is 9.74. The molecule has 0 saturated carbocycles. The summed E-state index contributed by atoms with van der Waals surface area (Å²) in [6.45, 7) is 2.29. The predicted molar refractivity (Wildman–Crippen MR) is 103 cm³/mol. The lowest BCUT2D eigenvalue weighted by Gasteiger charge is -2.37. The fourth-order valence-corrected chi connectivity index (χ4v) is 3.63. The molecule has 0 spiro atoms. The van der Waals surface area contributed by atoms with Crippen LogP contribution in [0, 0.1) is 0 Å². The van der Waals surface area contributed by atoms with Crippen LogP contribution in [-0.4, -0.2) is 32.5 Å². The molecule has 0 aliphatic carbocycles. The van der Waals surface area contributed by atoms with Gasteiger partial charge in [0.2, 0.25) is 12.7 Å². The van der Waals surface area contributed by atoms with Crippen molar-refractivity contribution in [1.29, 1.82) is 0 Å². The molecule has 0 atom stereocenters. The number of nitrogens with one attached hydrogen (secondary N) is 1. The topological polar surface area (TPSA) is 56.8 Å². The molecule has 1 saturated heterocycles. The largest absolute Gasteiger partial charge is 0.454 e. The van der Waals surface area contributed by atoms with Crippen molar-refractivity contribution in [3.63, 3.8) is 0 Å². The highest BCUT2D eigenvalue weighted by molar-refractivity contribution is 5.91. The maximum atomic E-state index is 12.4. The van der Waals surface area contributed by atoms with Crippen molar-refractivity contribution in [2.45, 2.75) is 18.3 Å². The Morgan fingerprint density at radius 2 is 1.81 bits per heavy atom. The Kier molecular flexibility index (Phi) is 5.12. The van der Waals surface area contributed by atoms with Gasteiger partial charge in [-0.05, 0) is 42.2 Å². The SMILES string of the molecule is O=C(/C=C/c1ccc2c(c1)OCO2)NCC1(c2ccccc2)CCOCC1. The second kappa shape index (κ2) is 7.84. The van der Waals surface area contributed by atoms with Crippen molar-refractivity contribution in [1.82, 2.24) is 5.32 Å². The van der Waals surface area contributed by atoms with Gasteiger partial charge in [-0.15, -0.1) is 0 Å². The summed E-state index contributed by atoms with van der Waals surface area (Å²) in [5, 5.41) is 3.08.